The van der Waals surface area contributed by atoms with Crippen molar-refractivity contribution in [3.8, 4) is 0 Å². The second-order valence-corrected chi connectivity index (χ2v) is 4.93. The highest BCUT2D eigenvalue weighted by atomic mass is 15.2. The molecule has 1 aliphatic heterocycles. The van der Waals surface area contributed by atoms with Crippen molar-refractivity contribution in [1.82, 2.24) is 14.5 Å². The van der Waals surface area contributed by atoms with Crippen LogP contribution in [0.2, 0.25) is 0 Å². The lowest BCUT2D eigenvalue weighted by Crippen LogP contribution is -2.43. The van der Waals surface area contributed by atoms with Crippen molar-refractivity contribution < 1.29 is 0 Å². The summed E-state index contributed by atoms with van der Waals surface area (Å²) in [6.45, 7) is 6.23. The van der Waals surface area contributed by atoms with Crippen LogP contribution in [0.25, 0.3) is 0 Å². The van der Waals surface area contributed by atoms with Crippen LogP contribution >= 0.6 is 0 Å². The average molecular weight is 236 g/mol. The predicted molar refractivity (Wildman–Crippen MR) is 69.6 cm³/mol. The van der Waals surface area contributed by atoms with E-state index >= 15 is 0 Å². The van der Waals surface area contributed by atoms with Crippen molar-refractivity contribution in [2.45, 2.75) is 51.7 Å². The van der Waals surface area contributed by atoms with Gasteiger partial charge < -0.3 is 10.3 Å². The van der Waals surface area contributed by atoms with Crippen LogP contribution < -0.4 is 5.73 Å². The standard InChI is InChI=1S/C13H24N4/c1-2-6-17-11-15-9-13(17)10-16-7-4-3-5-12(16)8-14/h9,11-12H,2-8,10,14H2,1H3. The molecule has 1 aromatic heterocycles. The highest BCUT2D eigenvalue weighted by molar-refractivity contribution is 4.99. The highest BCUT2D eigenvalue weighted by Gasteiger charge is 2.21. The molecule has 0 saturated carbocycles. The van der Waals surface area contributed by atoms with Crippen LogP contribution in [-0.4, -0.2) is 33.6 Å². The lowest BCUT2D eigenvalue weighted by atomic mass is 10.0. The van der Waals surface area contributed by atoms with E-state index < -0.39 is 0 Å². The summed E-state index contributed by atoms with van der Waals surface area (Å²) in [4.78, 5) is 6.78. The quantitative estimate of drug-likeness (QED) is 0.845. The van der Waals surface area contributed by atoms with Gasteiger partial charge in [0.15, 0.2) is 0 Å². The summed E-state index contributed by atoms with van der Waals surface area (Å²) in [5.74, 6) is 0. The fourth-order valence-corrected chi connectivity index (χ4v) is 2.67. The smallest absolute Gasteiger partial charge is 0.0948 e. The lowest BCUT2D eigenvalue weighted by Gasteiger charge is -2.34. The summed E-state index contributed by atoms with van der Waals surface area (Å²) < 4.78 is 2.27. The summed E-state index contributed by atoms with van der Waals surface area (Å²) >= 11 is 0. The summed E-state index contributed by atoms with van der Waals surface area (Å²) in [6, 6.07) is 0.564. The van der Waals surface area contributed by atoms with E-state index in [9.17, 15) is 0 Å². The van der Waals surface area contributed by atoms with Gasteiger partial charge in [-0.1, -0.05) is 13.3 Å². The Hall–Kier alpha value is -0.870. The monoisotopic (exact) mass is 236 g/mol. The lowest BCUT2D eigenvalue weighted by molar-refractivity contribution is 0.141. The molecule has 4 heteroatoms. The molecule has 4 nitrogen and oxygen atoms in total. The first-order valence-electron chi connectivity index (χ1n) is 6.78. The summed E-state index contributed by atoms with van der Waals surface area (Å²) in [7, 11) is 0. The van der Waals surface area contributed by atoms with E-state index in [-0.39, 0.29) is 0 Å². The number of aromatic nitrogens is 2. The number of nitrogens with two attached hydrogens (primary N) is 1. The third-order valence-corrected chi connectivity index (χ3v) is 3.65. The molecule has 0 amide bonds. The number of rotatable bonds is 5. The molecule has 0 radical (unpaired) electrons. The number of hydrogen-bond donors (Lipinski definition) is 1. The molecule has 0 spiro atoms. The molecule has 0 bridgehead atoms. The molecule has 2 rings (SSSR count). The first-order chi connectivity index (χ1) is 8.35. The van der Waals surface area contributed by atoms with Crippen LogP contribution in [-0.2, 0) is 13.1 Å². The van der Waals surface area contributed by atoms with Crippen molar-refractivity contribution in [2.24, 2.45) is 5.73 Å². The molecule has 1 aromatic rings. The van der Waals surface area contributed by atoms with E-state index in [2.05, 4.69) is 21.4 Å². The summed E-state index contributed by atoms with van der Waals surface area (Å²) in [6.07, 6.45) is 8.98. The van der Waals surface area contributed by atoms with Crippen molar-refractivity contribution in [1.29, 1.82) is 0 Å². The molecule has 1 atom stereocenters. The Bertz CT molecular complexity index is 334. The Kier molecular flexibility index (Phi) is 4.57. The zero-order chi connectivity index (χ0) is 12.1. The van der Waals surface area contributed by atoms with Gasteiger partial charge in [-0.3, -0.25) is 4.90 Å². The topological polar surface area (TPSA) is 47.1 Å². The van der Waals surface area contributed by atoms with Crippen LogP contribution in [0.4, 0.5) is 0 Å². The number of likely N-dealkylation sites (tertiary alicyclic amines) is 1. The Morgan fingerprint density at radius 1 is 1.47 bits per heavy atom. The van der Waals surface area contributed by atoms with Gasteiger partial charge in [-0.2, -0.15) is 0 Å². The fraction of sp³-hybridized carbons (Fsp3) is 0.769. The molecule has 0 aliphatic carbocycles. The van der Waals surface area contributed by atoms with Gasteiger partial charge in [0.2, 0.25) is 0 Å². The molecular weight excluding hydrogens is 212 g/mol. The average Bonchev–Trinajstić information content (AvgIpc) is 2.78. The molecule has 2 N–H and O–H groups in total. The van der Waals surface area contributed by atoms with Crippen LogP contribution in [0.1, 0.15) is 38.3 Å². The van der Waals surface area contributed by atoms with Gasteiger partial charge in [-0.25, -0.2) is 4.98 Å². The van der Waals surface area contributed by atoms with Crippen molar-refractivity contribution in [2.75, 3.05) is 13.1 Å². The van der Waals surface area contributed by atoms with Crippen molar-refractivity contribution in [3.63, 3.8) is 0 Å². The second kappa shape index (κ2) is 6.17. The summed E-state index contributed by atoms with van der Waals surface area (Å²) in [5, 5.41) is 0. The van der Waals surface area contributed by atoms with E-state index in [1.165, 1.54) is 31.5 Å². The second-order valence-electron chi connectivity index (χ2n) is 4.93. The first kappa shape index (κ1) is 12.6. The Morgan fingerprint density at radius 3 is 3.12 bits per heavy atom. The maximum atomic E-state index is 5.86. The molecule has 96 valence electrons. The SMILES string of the molecule is CCCn1cncc1CN1CCCCC1CN. The number of aryl methyl sites for hydroxylation is 1. The van der Waals surface area contributed by atoms with Crippen molar-refractivity contribution in [3.05, 3.63) is 18.2 Å². The van der Waals surface area contributed by atoms with E-state index in [0.29, 0.717) is 6.04 Å². The van der Waals surface area contributed by atoms with Gasteiger partial charge in [-0.05, 0) is 25.8 Å². The van der Waals surface area contributed by atoms with E-state index in [1.807, 2.05) is 12.5 Å². The number of piperidine rings is 1. The predicted octanol–water partition coefficient (Wildman–Crippen LogP) is 1.61. The Balaban J connectivity index is 2.00. The van der Waals surface area contributed by atoms with Gasteiger partial charge >= 0.3 is 0 Å². The van der Waals surface area contributed by atoms with Gasteiger partial charge in [-0.15, -0.1) is 0 Å². The van der Waals surface area contributed by atoms with E-state index in [4.69, 9.17) is 5.73 Å². The molecule has 17 heavy (non-hydrogen) atoms. The minimum atomic E-state index is 0.564. The largest absolute Gasteiger partial charge is 0.333 e. The normalized spacial score (nSPS) is 21.9. The minimum Gasteiger partial charge on any atom is -0.333 e. The number of hydrogen-bond acceptors (Lipinski definition) is 3. The van der Waals surface area contributed by atoms with E-state index in [1.54, 1.807) is 0 Å². The van der Waals surface area contributed by atoms with Crippen molar-refractivity contribution >= 4 is 0 Å². The Morgan fingerprint density at radius 2 is 2.35 bits per heavy atom. The van der Waals surface area contributed by atoms with E-state index in [0.717, 1.165) is 26.1 Å². The minimum absolute atomic E-state index is 0.564. The number of imidazole rings is 1. The zero-order valence-electron chi connectivity index (χ0n) is 10.8. The van der Waals surface area contributed by atoms with Gasteiger partial charge in [0.25, 0.3) is 0 Å². The molecule has 2 heterocycles. The van der Waals surface area contributed by atoms with Crippen LogP contribution in [0.15, 0.2) is 12.5 Å². The third-order valence-electron chi connectivity index (χ3n) is 3.65. The number of nitrogens with zero attached hydrogens (tertiary/aromatic N) is 3. The highest BCUT2D eigenvalue weighted by Crippen LogP contribution is 2.18. The zero-order valence-corrected chi connectivity index (χ0v) is 10.8. The van der Waals surface area contributed by atoms with Gasteiger partial charge in [0.05, 0.1) is 12.0 Å². The molecule has 1 saturated heterocycles. The molecular formula is C13H24N4. The fourth-order valence-electron chi connectivity index (χ4n) is 2.67. The van der Waals surface area contributed by atoms with Gasteiger partial charge in [0, 0.05) is 31.9 Å². The van der Waals surface area contributed by atoms with Gasteiger partial charge in [0.1, 0.15) is 0 Å². The molecule has 0 aromatic carbocycles. The van der Waals surface area contributed by atoms with Crippen LogP contribution in [0, 0.1) is 0 Å². The third kappa shape index (κ3) is 3.07. The maximum Gasteiger partial charge on any atom is 0.0948 e. The molecule has 1 fully saturated rings. The summed E-state index contributed by atoms with van der Waals surface area (Å²) in [5.41, 5.74) is 7.18. The van der Waals surface area contributed by atoms with Crippen LogP contribution in [0.3, 0.4) is 0 Å². The van der Waals surface area contributed by atoms with Crippen LogP contribution in [0.5, 0.6) is 0 Å². The molecule has 1 unspecified atom stereocenters. The Labute approximate surface area is 104 Å². The molecule has 1 aliphatic rings. The first-order valence-corrected chi connectivity index (χ1v) is 6.78. The maximum absolute atomic E-state index is 5.86.